The van der Waals surface area contributed by atoms with E-state index >= 15 is 0 Å². The Morgan fingerprint density at radius 3 is 2.46 bits per heavy atom. The maximum atomic E-state index is 13.2. The van der Waals surface area contributed by atoms with Gasteiger partial charge in [-0.15, -0.1) is 0 Å². The monoisotopic (exact) mass is 406 g/mol. The van der Waals surface area contributed by atoms with Gasteiger partial charge < -0.3 is 5.32 Å². The molecule has 3 amide bonds. The summed E-state index contributed by atoms with van der Waals surface area (Å²) in [7, 11) is -3.79. The molecule has 0 aromatic heterocycles. The molecule has 26 heavy (non-hydrogen) atoms. The number of imide groups is 1. The first-order valence-corrected chi connectivity index (χ1v) is 9.81. The Bertz CT molecular complexity index is 782. The van der Waals surface area contributed by atoms with Crippen molar-refractivity contribution in [3.05, 3.63) is 29.0 Å². The van der Waals surface area contributed by atoms with Crippen LogP contribution in [0.25, 0.3) is 0 Å². The molecule has 8 nitrogen and oxygen atoms in total. The molecule has 0 atom stereocenters. The molecule has 2 rings (SSSR count). The lowest BCUT2D eigenvalue weighted by atomic mass is 10.3. The number of nitrogens with zero attached hydrogens (tertiary/aromatic N) is 2. The van der Waals surface area contributed by atoms with E-state index in [2.05, 4.69) is 10.6 Å². The summed E-state index contributed by atoms with van der Waals surface area (Å²) in [4.78, 5) is 24.7. The maximum Gasteiger partial charge on any atom is 0.321 e. The smallest absolute Gasteiger partial charge is 0.321 e. The molecular weight excluding hydrogens is 387 g/mol. The SMILES string of the molecule is CCNC(=O)NC(=O)CN1CCN(S(=O)(=O)c2ccc(F)c(Cl)c2)CC1. The third kappa shape index (κ3) is 5.13. The van der Waals surface area contributed by atoms with Gasteiger partial charge in [-0.3, -0.25) is 15.0 Å². The van der Waals surface area contributed by atoms with E-state index in [9.17, 15) is 22.4 Å². The van der Waals surface area contributed by atoms with Crippen LogP contribution in [0.3, 0.4) is 0 Å². The molecule has 0 bridgehead atoms. The molecule has 1 aromatic rings. The van der Waals surface area contributed by atoms with Gasteiger partial charge >= 0.3 is 6.03 Å². The van der Waals surface area contributed by atoms with E-state index < -0.39 is 27.8 Å². The molecule has 1 aliphatic rings. The molecule has 1 aliphatic heterocycles. The molecule has 1 fully saturated rings. The highest BCUT2D eigenvalue weighted by molar-refractivity contribution is 7.89. The lowest BCUT2D eigenvalue weighted by Crippen LogP contribution is -2.52. The normalized spacial score (nSPS) is 16.3. The van der Waals surface area contributed by atoms with Gasteiger partial charge in [-0.2, -0.15) is 4.31 Å². The van der Waals surface area contributed by atoms with Gasteiger partial charge in [0.2, 0.25) is 15.9 Å². The number of urea groups is 1. The Balaban J connectivity index is 1.92. The summed E-state index contributed by atoms with van der Waals surface area (Å²) >= 11 is 5.66. The number of nitrogens with one attached hydrogen (secondary N) is 2. The second kappa shape index (κ2) is 8.76. The van der Waals surface area contributed by atoms with Crippen LogP contribution in [0.4, 0.5) is 9.18 Å². The average Bonchev–Trinajstić information content (AvgIpc) is 2.57. The Morgan fingerprint density at radius 2 is 1.88 bits per heavy atom. The second-order valence-electron chi connectivity index (χ2n) is 5.66. The van der Waals surface area contributed by atoms with E-state index in [1.165, 1.54) is 10.4 Å². The highest BCUT2D eigenvalue weighted by Crippen LogP contribution is 2.23. The van der Waals surface area contributed by atoms with Gasteiger partial charge in [-0.1, -0.05) is 11.6 Å². The lowest BCUT2D eigenvalue weighted by molar-refractivity contribution is -0.121. The van der Waals surface area contributed by atoms with Crippen molar-refractivity contribution in [2.75, 3.05) is 39.3 Å². The fourth-order valence-electron chi connectivity index (χ4n) is 2.49. The van der Waals surface area contributed by atoms with E-state index in [4.69, 9.17) is 11.6 Å². The largest absolute Gasteiger partial charge is 0.338 e. The Morgan fingerprint density at radius 1 is 1.23 bits per heavy atom. The van der Waals surface area contributed by atoms with Gasteiger partial charge in [-0.05, 0) is 25.1 Å². The number of halogens is 2. The van der Waals surface area contributed by atoms with Crippen molar-refractivity contribution in [1.82, 2.24) is 19.8 Å². The number of carbonyl (C=O) groups excluding carboxylic acids is 2. The van der Waals surface area contributed by atoms with E-state index in [-0.39, 0.29) is 29.6 Å². The Labute approximate surface area is 156 Å². The molecule has 0 radical (unpaired) electrons. The number of sulfonamides is 1. The van der Waals surface area contributed by atoms with Crippen LogP contribution in [-0.4, -0.2) is 68.8 Å². The van der Waals surface area contributed by atoms with Crippen molar-refractivity contribution in [3.63, 3.8) is 0 Å². The minimum atomic E-state index is -3.79. The van der Waals surface area contributed by atoms with Gasteiger partial charge in [0, 0.05) is 32.7 Å². The van der Waals surface area contributed by atoms with Crippen molar-refractivity contribution < 1.29 is 22.4 Å². The molecule has 1 aromatic carbocycles. The predicted molar refractivity (Wildman–Crippen MR) is 93.8 cm³/mol. The third-order valence-corrected chi connectivity index (χ3v) is 6.00. The average molecular weight is 407 g/mol. The third-order valence-electron chi connectivity index (χ3n) is 3.82. The van der Waals surface area contributed by atoms with Crippen molar-refractivity contribution in [1.29, 1.82) is 0 Å². The molecular formula is C15H20ClFN4O4S. The Hall–Kier alpha value is -1.75. The lowest BCUT2D eigenvalue weighted by Gasteiger charge is -2.33. The quantitative estimate of drug-likeness (QED) is 0.747. The van der Waals surface area contributed by atoms with Crippen molar-refractivity contribution in [2.24, 2.45) is 0 Å². The topological polar surface area (TPSA) is 98.8 Å². The molecule has 1 saturated heterocycles. The zero-order chi connectivity index (χ0) is 19.3. The number of amides is 3. The van der Waals surface area contributed by atoms with Crippen LogP contribution in [0, 0.1) is 5.82 Å². The molecule has 0 saturated carbocycles. The summed E-state index contributed by atoms with van der Waals surface area (Å²) in [5, 5.41) is 4.39. The van der Waals surface area contributed by atoms with Crippen molar-refractivity contribution >= 4 is 33.6 Å². The van der Waals surface area contributed by atoms with Gasteiger partial charge in [0.25, 0.3) is 0 Å². The minimum absolute atomic E-state index is 0.00655. The fourth-order valence-corrected chi connectivity index (χ4v) is 4.18. The number of rotatable bonds is 5. The summed E-state index contributed by atoms with van der Waals surface area (Å²) in [5.41, 5.74) is 0. The summed E-state index contributed by atoms with van der Waals surface area (Å²) < 4.78 is 39.7. The van der Waals surface area contributed by atoms with E-state index in [1.807, 2.05) is 0 Å². The van der Waals surface area contributed by atoms with Crippen LogP contribution in [-0.2, 0) is 14.8 Å². The van der Waals surface area contributed by atoms with E-state index in [0.29, 0.717) is 19.6 Å². The first-order chi connectivity index (χ1) is 12.2. The first-order valence-electron chi connectivity index (χ1n) is 7.99. The summed E-state index contributed by atoms with van der Waals surface area (Å²) in [6.07, 6.45) is 0. The van der Waals surface area contributed by atoms with Crippen LogP contribution in [0.15, 0.2) is 23.1 Å². The number of hydrogen-bond acceptors (Lipinski definition) is 5. The molecule has 144 valence electrons. The second-order valence-corrected chi connectivity index (χ2v) is 8.01. The highest BCUT2D eigenvalue weighted by atomic mass is 35.5. The molecule has 1 heterocycles. The summed E-state index contributed by atoms with van der Waals surface area (Å²) in [5.74, 6) is -1.15. The van der Waals surface area contributed by atoms with E-state index in [0.717, 1.165) is 12.1 Å². The van der Waals surface area contributed by atoms with Crippen LogP contribution in [0.5, 0.6) is 0 Å². The van der Waals surface area contributed by atoms with Crippen LogP contribution in [0.1, 0.15) is 6.92 Å². The van der Waals surface area contributed by atoms with Gasteiger partial charge in [-0.25, -0.2) is 17.6 Å². The van der Waals surface area contributed by atoms with Crippen molar-refractivity contribution in [3.8, 4) is 0 Å². The number of benzene rings is 1. The van der Waals surface area contributed by atoms with Crippen LogP contribution >= 0.6 is 11.6 Å². The van der Waals surface area contributed by atoms with Crippen molar-refractivity contribution in [2.45, 2.75) is 11.8 Å². The standard InChI is InChI=1S/C15H20ClFN4O4S/c1-2-18-15(23)19-14(22)10-20-5-7-21(8-6-20)26(24,25)11-3-4-13(17)12(16)9-11/h3-4,9H,2,5-8,10H2,1H3,(H2,18,19,22,23). The number of piperazine rings is 1. The first kappa shape index (κ1) is 20.6. The van der Waals surface area contributed by atoms with E-state index in [1.54, 1.807) is 11.8 Å². The minimum Gasteiger partial charge on any atom is -0.338 e. The molecule has 0 aliphatic carbocycles. The fraction of sp³-hybridized carbons (Fsp3) is 0.467. The Kier molecular flexibility index (Phi) is 6.93. The van der Waals surface area contributed by atoms with Crippen LogP contribution < -0.4 is 10.6 Å². The van der Waals surface area contributed by atoms with Gasteiger partial charge in [0.15, 0.2) is 0 Å². The molecule has 11 heteroatoms. The zero-order valence-corrected chi connectivity index (χ0v) is 15.7. The van der Waals surface area contributed by atoms with Gasteiger partial charge in [0.05, 0.1) is 16.5 Å². The summed E-state index contributed by atoms with van der Waals surface area (Å²) in [6.45, 7) is 3.14. The number of carbonyl (C=O) groups is 2. The van der Waals surface area contributed by atoms with Gasteiger partial charge in [0.1, 0.15) is 5.82 Å². The molecule has 2 N–H and O–H groups in total. The maximum absolute atomic E-state index is 13.2. The zero-order valence-electron chi connectivity index (χ0n) is 14.2. The highest BCUT2D eigenvalue weighted by Gasteiger charge is 2.29. The summed E-state index contributed by atoms with van der Waals surface area (Å²) in [6, 6.07) is 2.70. The molecule has 0 unspecified atom stereocenters. The number of hydrogen-bond donors (Lipinski definition) is 2. The predicted octanol–water partition coefficient (Wildman–Crippen LogP) is 0.631. The molecule has 0 spiro atoms. The van der Waals surface area contributed by atoms with Crippen LogP contribution in [0.2, 0.25) is 5.02 Å².